The van der Waals surface area contributed by atoms with Crippen molar-refractivity contribution in [2.75, 3.05) is 32.7 Å². The van der Waals surface area contributed by atoms with Gasteiger partial charge in [0.25, 0.3) is 0 Å². The number of hydrogen-bond donors (Lipinski definition) is 1. The quantitative estimate of drug-likeness (QED) is 0.914. The molecular formula is C14H17ClN2O4. The summed E-state index contributed by atoms with van der Waals surface area (Å²) in [6, 6.07) is 3.24. The van der Waals surface area contributed by atoms with Gasteiger partial charge in [-0.25, -0.2) is 0 Å². The van der Waals surface area contributed by atoms with Crippen molar-refractivity contribution >= 4 is 29.1 Å². The molecule has 6 nitrogen and oxygen atoms in total. The molecule has 1 aliphatic heterocycles. The van der Waals surface area contributed by atoms with Crippen LogP contribution in [0.5, 0.6) is 11.5 Å². The predicted octanol–water partition coefficient (Wildman–Crippen LogP) is 1.46. The van der Waals surface area contributed by atoms with Crippen molar-refractivity contribution in [1.82, 2.24) is 5.32 Å². The summed E-state index contributed by atoms with van der Waals surface area (Å²) < 4.78 is 10.4. The lowest BCUT2D eigenvalue weighted by Crippen LogP contribution is -2.30. The zero-order valence-electron chi connectivity index (χ0n) is 12.1. The Kier molecular flexibility index (Phi) is 4.57. The largest absolute Gasteiger partial charge is 0.495 e. The van der Waals surface area contributed by atoms with E-state index in [2.05, 4.69) is 5.32 Å². The van der Waals surface area contributed by atoms with Crippen molar-refractivity contribution in [1.29, 1.82) is 0 Å². The summed E-state index contributed by atoms with van der Waals surface area (Å²) in [5.41, 5.74) is 0.541. The molecule has 21 heavy (non-hydrogen) atoms. The molecule has 1 N–H and O–H groups in total. The van der Waals surface area contributed by atoms with Gasteiger partial charge in [-0.1, -0.05) is 11.6 Å². The van der Waals surface area contributed by atoms with E-state index in [0.29, 0.717) is 28.8 Å². The third-order valence-corrected chi connectivity index (χ3v) is 3.78. The third kappa shape index (κ3) is 2.90. The number of amides is 2. The van der Waals surface area contributed by atoms with Gasteiger partial charge in [-0.05, 0) is 6.07 Å². The van der Waals surface area contributed by atoms with Crippen molar-refractivity contribution in [3.63, 3.8) is 0 Å². The Balaban J connectivity index is 2.35. The summed E-state index contributed by atoms with van der Waals surface area (Å²) in [6.07, 6.45) is 0.173. The third-order valence-electron chi connectivity index (χ3n) is 3.49. The van der Waals surface area contributed by atoms with Gasteiger partial charge in [0.05, 0.1) is 30.8 Å². The average molecular weight is 313 g/mol. The molecule has 114 valence electrons. The van der Waals surface area contributed by atoms with Crippen LogP contribution in [-0.2, 0) is 9.59 Å². The molecule has 1 saturated heterocycles. The summed E-state index contributed by atoms with van der Waals surface area (Å²) in [5, 5.41) is 2.94. The Morgan fingerprint density at radius 2 is 2.00 bits per heavy atom. The van der Waals surface area contributed by atoms with Gasteiger partial charge in [0.2, 0.25) is 11.8 Å². The second-order valence-electron chi connectivity index (χ2n) is 4.68. The molecule has 0 unspecified atom stereocenters. The maximum absolute atomic E-state index is 12.2. The molecule has 1 aromatic rings. The Bertz CT molecular complexity index is 576. The number of carbonyl (C=O) groups is 2. The first kappa shape index (κ1) is 15.4. The molecule has 0 bridgehead atoms. The van der Waals surface area contributed by atoms with Crippen molar-refractivity contribution in [2.24, 2.45) is 5.92 Å². The van der Waals surface area contributed by atoms with Crippen LogP contribution in [-0.4, -0.2) is 39.6 Å². The van der Waals surface area contributed by atoms with Crippen molar-refractivity contribution in [3.8, 4) is 11.5 Å². The first-order chi connectivity index (χ1) is 10.0. The summed E-state index contributed by atoms with van der Waals surface area (Å²) in [7, 11) is 4.56. The summed E-state index contributed by atoms with van der Waals surface area (Å²) >= 11 is 6.11. The van der Waals surface area contributed by atoms with E-state index in [1.54, 1.807) is 19.2 Å². The predicted molar refractivity (Wildman–Crippen MR) is 79.1 cm³/mol. The second kappa shape index (κ2) is 6.22. The molecule has 0 saturated carbocycles. The van der Waals surface area contributed by atoms with Gasteiger partial charge in [0, 0.05) is 26.1 Å². The van der Waals surface area contributed by atoms with Crippen LogP contribution in [0, 0.1) is 5.92 Å². The van der Waals surface area contributed by atoms with E-state index >= 15 is 0 Å². The van der Waals surface area contributed by atoms with Gasteiger partial charge in [-0.2, -0.15) is 0 Å². The van der Waals surface area contributed by atoms with Crippen molar-refractivity contribution in [3.05, 3.63) is 17.2 Å². The standard InChI is InChI=1S/C14H17ClN2O4/c1-16-14(19)8-4-13(18)17(7-8)10-5-9(15)11(20-2)6-12(10)21-3/h5-6,8H,4,7H2,1-3H3,(H,16,19)/t8-/m0/s1. The zero-order chi connectivity index (χ0) is 15.6. The molecule has 1 fully saturated rings. The van der Waals surface area contributed by atoms with Crippen LogP contribution in [0.15, 0.2) is 12.1 Å². The molecule has 1 atom stereocenters. The normalized spacial score (nSPS) is 17.8. The number of nitrogens with one attached hydrogen (secondary N) is 1. The van der Waals surface area contributed by atoms with E-state index in [9.17, 15) is 9.59 Å². The second-order valence-corrected chi connectivity index (χ2v) is 5.09. The molecule has 1 aliphatic rings. The van der Waals surface area contributed by atoms with Crippen LogP contribution in [0.25, 0.3) is 0 Å². The molecule has 1 heterocycles. The maximum atomic E-state index is 12.2. The Morgan fingerprint density at radius 1 is 1.33 bits per heavy atom. The van der Waals surface area contributed by atoms with Crippen LogP contribution >= 0.6 is 11.6 Å². The van der Waals surface area contributed by atoms with E-state index in [1.807, 2.05) is 0 Å². The monoisotopic (exact) mass is 312 g/mol. The van der Waals surface area contributed by atoms with E-state index in [-0.39, 0.29) is 24.2 Å². The molecular weight excluding hydrogens is 296 g/mol. The van der Waals surface area contributed by atoms with Crippen LogP contribution < -0.4 is 19.7 Å². The van der Waals surface area contributed by atoms with Gasteiger partial charge in [-0.3, -0.25) is 9.59 Å². The smallest absolute Gasteiger partial charge is 0.227 e. The minimum absolute atomic E-state index is 0.136. The van der Waals surface area contributed by atoms with E-state index in [4.69, 9.17) is 21.1 Å². The maximum Gasteiger partial charge on any atom is 0.227 e. The SMILES string of the molecule is CNC(=O)[C@H]1CC(=O)N(c2cc(Cl)c(OC)cc2OC)C1. The minimum atomic E-state index is -0.368. The van der Waals surface area contributed by atoms with Crippen LogP contribution in [0.1, 0.15) is 6.42 Å². The van der Waals surface area contributed by atoms with Gasteiger partial charge < -0.3 is 19.7 Å². The topological polar surface area (TPSA) is 67.9 Å². The Hall–Kier alpha value is -1.95. The first-order valence-corrected chi connectivity index (χ1v) is 6.83. The van der Waals surface area contributed by atoms with Gasteiger partial charge in [0.1, 0.15) is 11.5 Å². The lowest BCUT2D eigenvalue weighted by atomic mass is 10.1. The van der Waals surface area contributed by atoms with Crippen molar-refractivity contribution in [2.45, 2.75) is 6.42 Å². The molecule has 0 aliphatic carbocycles. The first-order valence-electron chi connectivity index (χ1n) is 6.45. The number of benzene rings is 1. The highest BCUT2D eigenvalue weighted by Gasteiger charge is 2.36. The molecule has 0 aromatic heterocycles. The fourth-order valence-corrected chi connectivity index (χ4v) is 2.61. The lowest BCUT2D eigenvalue weighted by Gasteiger charge is -2.20. The zero-order valence-corrected chi connectivity index (χ0v) is 12.9. The van der Waals surface area contributed by atoms with Crippen LogP contribution in [0.4, 0.5) is 5.69 Å². The van der Waals surface area contributed by atoms with E-state index < -0.39 is 0 Å². The fourth-order valence-electron chi connectivity index (χ4n) is 2.38. The lowest BCUT2D eigenvalue weighted by molar-refractivity contribution is -0.125. The number of hydrogen-bond acceptors (Lipinski definition) is 4. The number of ether oxygens (including phenoxy) is 2. The van der Waals surface area contributed by atoms with E-state index in [0.717, 1.165) is 0 Å². The molecule has 2 rings (SSSR count). The number of anilines is 1. The summed E-state index contributed by atoms with van der Waals surface area (Å²) in [4.78, 5) is 25.4. The number of rotatable bonds is 4. The highest BCUT2D eigenvalue weighted by atomic mass is 35.5. The van der Waals surface area contributed by atoms with Crippen molar-refractivity contribution < 1.29 is 19.1 Å². The van der Waals surface area contributed by atoms with E-state index in [1.165, 1.54) is 19.1 Å². The molecule has 1 aromatic carbocycles. The highest BCUT2D eigenvalue weighted by molar-refractivity contribution is 6.32. The molecule has 0 spiro atoms. The number of halogens is 1. The molecule has 0 radical (unpaired) electrons. The Labute approximate surface area is 128 Å². The minimum Gasteiger partial charge on any atom is -0.495 e. The summed E-state index contributed by atoms with van der Waals surface area (Å²) in [6.45, 7) is 0.303. The van der Waals surface area contributed by atoms with Gasteiger partial charge in [0.15, 0.2) is 0 Å². The molecule has 7 heteroatoms. The van der Waals surface area contributed by atoms with Gasteiger partial charge >= 0.3 is 0 Å². The highest BCUT2D eigenvalue weighted by Crippen LogP contribution is 2.40. The van der Waals surface area contributed by atoms with Crippen LogP contribution in [0.3, 0.4) is 0 Å². The van der Waals surface area contributed by atoms with Crippen LogP contribution in [0.2, 0.25) is 5.02 Å². The Morgan fingerprint density at radius 3 is 2.57 bits per heavy atom. The van der Waals surface area contributed by atoms with Gasteiger partial charge in [-0.15, -0.1) is 0 Å². The fraction of sp³-hybridized carbons (Fsp3) is 0.429. The average Bonchev–Trinajstić information content (AvgIpc) is 2.87. The summed E-state index contributed by atoms with van der Waals surface area (Å²) in [5.74, 6) is 0.287. The molecule has 2 amide bonds. The number of carbonyl (C=O) groups excluding carboxylic acids is 2. The number of nitrogens with zero attached hydrogens (tertiary/aromatic N) is 1. The number of methoxy groups -OCH3 is 2.